The highest BCUT2D eigenvalue weighted by Gasteiger charge is 2.20. The number of benzene rings is 1. The highest BCUT2D eigenvalue weighted by Crippen LogP contribution is 2.17. The van der Waals surface area contributed by atoms with Crippen molar-refractivity contribution in [3.63, 3.8) is 0 Å². The summed E-state index contributed by atoms with van der Waals surface area (Å²) in [6.07, 6.45) is 7.51. The van der Waals surface area contributed by atoms with Crippen molar-refractivity contribution in [1.29, 1.82) is 0 Å². The predicted molar refractivity (Wildman–Crippen MR) is 89.3 cm³/mol. The Balaban J connectivity index is 1.76. The minimum atomic E-state index is -0.614. The van der Waals surface area contributed by atoms with Crippen molar-refractivity contribution in [3.8, 4) is 5.75 Å². The quantitative estimate of drug-likeness (QED) is 0.894. The van der Waals surface area contributed by atoms with E-state index in [1.54, 1.807) is 31.2 Å². The fourth-order valence-corrected chi connectivity index (χ4v) is 2.79. The lowest BCUT2D eigenvalue weighted by Crippen LogP contribution is -2.48. The molecule has 1 aliphatic carbocycles. The number of ether oxygens (including phenoxy) is 1. The first-order valence-corrected chi connectivity index (χ1v) is 8.49. The van der Waals surface area contributed by atoms with Crippen LogP contribution in [0.2, 0.25) is 0 Å². The Morgan fingerprint density at radius 1 is 1.04 bits per heavy atom. The van der Waals surface area contributed by atoms with E-state index in [4.69, 9.17) is 4.74 Å². The molecule has 5 heteroatoms. The molecule has 0 spiro atoms. The normalized spacial score (nSPS) is 17.4. The number of carbonyl (C=O) groups excluding carboxylic acids is 2. The van der Waals surface area contributed by atoms with Gasteiger partial charge in [0, 0.05) is 6.04 Å². The fraction of sp³-hybridized carbons (Fsp3) is 0.556. The Morgan fingerprint density at radius 2 is 1.65 bits per heavy atom. The highest BCUT2D eigenvalue weighted by atomic mass is 16.6. The topological polar surface area (TPSA) is 67.4 Å². The van der Waals surface area contributed by atoms with Crippen molar-refractivity contribution in [2.45, 2.75) is 64.0 Å². The zero-order chi connectivity index (χ0) is 16.5. The summed E-state index contributed by atoms with van der Waals surface area (Å²) in [6, 6.07) is 8.41. The zero-order valence-electron chi connectivity index (χ0n) is 13.7. The van der Waals surface area contributed by atoms with Gasteiger partial charge in [-0.3, -0.25) is 4.79 Å². The molecule has 5 nitrogen and oxygen atoms in total. The van der Waals surface area contributed by atoms with E-state index in [0.29, 0.717) is 5.75 Å². The van der Waals surface area contributed by atoms with Crippen LogP contribution in [0.3, 0.4) is 0 Å². The predicted octanol–water partition coefficient (Wildman–Crippen LogP) is 3.39. The Hall–Kier alpha value is -2.04. The number of hydrogen-bond acceptors (Lipinski definition) is 3. The Labute approximate surface area is 137 Å². The molecule has 2 N–H and O–H groups in total. The average molecular weight is 318 g/mol. The molecule has 2 amide bonds. The van der Waals surface area contributed by atoms with Crippen molar-refractivity contribution in [2.75, 3.05) is 0 Å². The third kappa shape index (κ3) is 6.30. The maximum atomic E-state index is 12.2. The third-order valence-corrected chi connectivity index (χ3v) is 4.13. The summed E-state index contributed by atoms with van der Waals surface area (Å²) >= 11 is 0. The second kappa shape index (κ2) is 9.18. The van der Waals surface area contributed by atoms with Gasteiger partial charge in [0.2, 0.25) is 5.91 Å². The minimum absolute atomic E-state index is 0.152. The molecule has 0 radical (unpaired) electrons. The highest BCUT2D eigenvalue weighted by molar-refractivity contribution is 5.85. The fourth-order valence-electron chi connectivity index (χ4n) is 2.79. The van der Waals surface area contributed by atoms with Crippen LogP contribution in [0, 0.1) is 0 Å². The molecule has 1 atom stereocenters. The monoisotopic (exact) mass is 318 g/mol. The second-order valence-corrected chi connectivity index (χ2v) is 6.12. The summed E-state index contributed by atoms with van der Waals surface area (Å²) in [5.74, 6) is 0.304. The molecule has 0 aromatic heterocycles. The molecular weight excluding hydrogens is 292 g/mol. The Bertz CT molecular complexity index is 496. The van der Waals surface area contributed by atoms with Gasteiger partial charge in [0.25, 0.3) is 0 Å². The van der Waals surface area contributed by atoms with E-state index in [0.717, 1.165) is 25.7 Å². The Morgan fingerprint density at radius 3 is 2.30 bits per heavy atom. The van der Waals surface area contributed by atoms with Crippen molar-refractivity contribution in [2.24, 2.45) is 0 Å². The number of para-hydroxylation sites is 1. The molecule has 0 unspecified atom stereocenters. The minimum Gasteiger partial charge on any atom is -0.410 e. The number of hydrogen-bond donors (Lipinski definition) is 2. The molecule has 23 heavy (non-hydrogen) atoms. The molecule has 1 aliphatic rings. The average Bonchev–Trinajstić information content (AvgIpc) is 2.50. The summed E-state index contributed by atoms with van der Waals surface area (Å²) in [7, 11) is 0. The van der Waals surface area contributed by atoms with Gasteiger partial charge in [-0.1, -0.05) is 50.3 Å². The van der Waals surface area contributed by atoms with Crippen LogP contribution in [0.25, 0.3) is 0 Å². The molecule has 1 aromatic carbocycles. The number of rotatable bonds is 4. The van der Waals surface area contributed by atoms with E-state index >= 15 is 0 Å². The molecule has 2 rings (SSSR count). The molecule has 1 aromatic rings. The molecular formula is C18H26N2O3. The van der Waals surface area contributed by atoms with E-state index in [1.165, 1.54) is 19.3 Å². The molecule has 0 aliphatic heterocycles. The summed E-state index contributed by atoms with van der Waals surface area (Å²) in [5, 5.41) is 5.62. The van der Waals surface area contributed by atoms with Crippen molar-refractivity contribution in [3.05, 3.63) is 30.3 Å². The first-order valence-electron chi connectivity index (χ1n) is 8.49. The SMILES string of the molecule is C[C@H](NC(=O)Oc1ccccc1)C(=O)NC1CCCCCCC1. The Kier molecular flexibility index (Phi) is 6.91. The molecule has 0 saturated heterocycles. The van der Waals surface area contributed by atoms with E-state index in [-0.39, 0.29) is 11.9 Å². The summed E-state index contributed by atoms with van der Waals surface area (Å²) in [4.78, 5) is 24.0. The van der Waals surface area contributed by atoms with Gasteiger partial charge < -0.3 is 15.4 Å². The number of carbonyl (C=O) groups is 2. The molecule has 1 saturated carbocycles. The molecule has 126 valence electrons. The van der Waals surface area contributed by atoms with Crippen LogP contribution >= 0.6 is 0 Å². The van der Waals surface area contributed by atoms with Crippen molar-refractivity contribution < 1.29 is 14.3 Å². The van der Waals surface area contributed by atoms with E-state index < -0.39 is 12.1 Å². The van der Waals surface area contributed by atoms with Gasteiger partial charge in [0.1, 0.15) is 11.8 Å². The van der Waals surface area contributed by atoms with Crippen LogP contribution in [-0.4, -0.2) is 24.1 Å². The number of nitrogens with one attached hydrogen (secondary N) is 2. The molecule has 1 fully saturated rings. The van der Waals surface area contributed by atoms with E-state index in [2.05, 4.69) is 10.6 Å². The second-order valence-electron chi connectivity index (χ2n) is 6.12. The maximum absolute atomic E-state index is 12.2. The lowest BCUT2D eigenvalue weighted by molar-refractivity contribution is -0.123. The van der Waals surface area contributed by atoms with Crippen LogP contribution < -0.4 is 15.4 Å². The summed E-state index contributed by atoms with van der Waals surface area (Å²) in [5.41, 5.74) is 0. The summed E-state index contributed by atoms with van der Waals surface area (Å²) in [6.45, 7) is 1.67. The zero-order valence-corrected chi connectivity index (χ0v) is 13.7. The van der Waals surface area contributed by atoms with Crippen molar-refractivity contribution >= 4 is 12.0 Å². The van der Waals surface area contributed by atoms with Crippen LogP contribution in [0.5, 0.6) is 5.75 Å². The first-order chi connectivity index (χ1) is 11.1. The first kappa shape index (κ1) is 17.3. The third-order valence-electron chi connectivity index (χ3n) is 4.13. The largest absolute Gasteiger partial charge is 0.413 e. The van der Waals surface area contributed by atoms with Gasteiger partial charge in [-0.25, -0.2) is 4.79 Å². The van der Waals surface area contributed by atoms with Gasteiger partial charge in [-0.2, -0.15) is 0 Å². The van der Waals surface area contributed by atoms with Crippen LogP contribution in [0.1, 0.15) is 51.9 Å². The van der Waals surface area contributed by atoms with Gasteiger partial charge >= 0.3 is 6.09 Å². The van der Waals surface area contributed by atoms with Gasteiger partial charge in [-0.05, 0) is 31.9 Å². The van der Waals surface area contributed by atoms with E-state index in [9.17, 15) is 9.59 Å². The lowest BCUT2D eigenvalue weighted by atomic mass is 9.96. The molecule has 0 heterocycles. The van der Waals surface area contributed by atoms with Gasteiger partial charge in [0.15, 0.2) is 0 Å². The van der Waals surface area contributed by atoms with Crippen LogP contribution in [-0.2, 0) is 4.79 Å². The lowest BCUT2D eigenvalue weighted by Gasteiger charge is -2.23. The summed E-state index contributed by atoms with van der Waals surface area (Å²) < 4.78 is 5.13. The van der Waals surface area contributed by atoms with Gasteiger partial charge in [0.05, 0.1) is 0 Å². The van der Waals surface area contributed by atoms with Crippen LogP contribution in [0.4, 0.5) is 4.79 Å². The van der Waals surface area contributed by atoms with E-state index in [1.807, 2.05) is 6.07 Å². The van der Waals surface area contributed by atoms with Crippen molar-refractivity contribution in [1.82, 2.24) is 10.6 Å². The maximum Gasteiger partial charge on any atom is 0.413 e. The standard InChI is InChI=1S/C18H26N2O3/c1-14(19-18(22)23-16-12-8-5-9-13-16)17(21)20-15-10-6-3-2-4-7-11-15/h5,8-9,12-15H,2-4,6-7,10-11H2,1H3,(H,19,22)(H,20,21)/t14-/m0/s1. The molecule has 0 bridgehead atoms. The van der Waals surface area contributed by atoms with Gasteiger partial charge in [-0.15, -0.1) is 0 Å². The van der Waals surface area contributed by atoms with Crippen LogP contribution in [0.15, 0.2) is 30.3 Å². The smallest absolute Gasteiger partial charge is 0.410 e. The number of amides is 2.